The maximum atomic E-state index is 12.5. The minimum Gasteiger partial charge on any atom is -0.507 e. The van der Waals surface area contributed by atoms with E-state index in [0.717, 1.165) is 0 Å². The molecule has 2 aromatic heterocycles. The Morgan fingerprint density at radius 2 is 2.10 bits per heavy atom. The number of rotatable bonds is 3. The van der Waals surface area contributed by atoms with Crippen LogP contribution < -0.4 is 5.43 Å². The highest BCUT2D eigenvalue weighted by Gasteiger charge is 2.16. The van der Waals surface area contributed by atoms with Gasteiger partial charge in [0.25, 0.3) is 0 Å². The Morgan fingerprint density at radius 1 is 1.29 bits per heavy atom. The quantitative estimate of drug-likeness (QED) is 0.795. The molecule has 0 fully saturated rings. The topological polar surface area (TPSA) is 79.7 Å². The first kappa shape index (κ1) is 13.4. The van der Waals surface area contributed by atoms with Gasteiger partial charge in [0.05, 0.1) is 16.5 Å². The summed E-state index contributed by atoms with van der Waals surface area (Å²) in [5.41, 5.74) is 1.53. The Labute approximate surface area is 120 Å². The van der Waals surface area contributed by atoms with Crippen molar-refractivity contribution in [1.29, 1.82) is 0 Å². The lowest BCUT2D eigenvalue weighted by Gasteiger charge is -2.13. The number of benzene rings is 1. The molecule has 108 valence electrons. The van der Waals surface area contributed by atoms with Gasteiger partial charge in [-0.1, -0.05) is 5.16 Å². The van der Waals surface area contributed by atoms with Gasteiger partial charge in [0.2, 0.25) is 5.43 Å². The molecule has 0 aliphatic rings. The van der Waals surface area contributed by atoms with E-state index in [-0.39, 0.29) is 11.2 Å². The fourth-order valence-electron chi connectivity index (χ4n) is 2.24. The van der Waals surface area contributed by atoms with Crippen LogP contribution >= 0.6 is 0 Å². The van der Waals surface area contributed by atoms with Gasteiger partial charge in [-0.3, -0.25) is 4.79 Å². The highest BCUT2D eigenvalue weighted by atomic mass is 16.5. The standard InChI is InChI=1S/C15H14N2O4/c1-17(2)7-10-13(18)4-3-9-14(19)11(8-20-15(9)10)12-5-6-21-16-12/h3-6,8,18H,7H2,1-2H3. The summed E-state index contributed by atoms with van der Waals surface area (Å²) < 4.78 is 10.3. The zero-order valence-electron chi connectivity index (χ0n) is 11.7. The number of aromatic nitrogens is 1. The van der Waals surface area contributed by atoms with Gasteiger partial charge in [-0.05, 0) is 26.2 Å². The fraction of sp³-hybridized carbons (Fsp3) is 0.200. The molecule has 0 aliphatic heterocycles. The summed E-state index contributed by atoms with van der Waals surface area (Å²) in [5, 5.41) is 14.1. The van der Waals surface area contributed by atoms with Crippen molar-refractivity contribution >= 4 is 11.0 Å². The molecule has 21 heavy (non-hydrogen) atoms. The van der Waals surface area contributed by atoms with E-state index in [1.165, 1.54) is 18.6 Å². The van der Waals surface area contributed by atoms with Crippen molar-refractivity contribution in [2.45, 2.75) is 6.54 Å². The lowest BCUT2D eigenvalue weighted by molar-refractivity contribution is 0.384. The van der Waals surface area contributed by atoms with Crippen molar-refractivity contribution in [2.75, 3.05) is 14.1 Å². The Balaban J connectivity index is 2.27. The molecule has 2 heterocycles. The number of hydrogen-bond donors (Lipinski definition) is 1. The molecule has 3 rings (SSSR count). The Bertz CT molecular complexity index is 835. The average molecular weight is 286 g/mol. The molecular weight excluding hydrogens is 272 g/mol. The zero-order valence-corrected chi connectivity index (χ0v) is 11.7. The van der Waals surface area contributed by atoms with E-state index >= 15 is 0 Å². The highest BCUT2D eigenvalue weighted by molar-refractivity contribution is 5.85. The monoisotopic (exact) mass is 286 g/mol. The van der Waals surface area contributed by atoms with Gasteiger partial charge >= 0.3 is 0 Å². The summed E-state index contributed by atoms with van der Waals surface area (Å²) in [4.78, 5) is 14.4. The Kier molecular flexibility index (Phi) is 3.23. The summed E-state index contributed by atoms with van der Waals surface area (Å²) in [5.74, 6) is 0.105. The number of nitrogens with zero attached hydrogens (tertiary/aromatic N) is 2. The van der Waals surface area contributed by atoms with E-state index in [4.69, 9.17) is 8.94 Å². The van der Waals surface area contributed by atoms with Crippen LogP contribution in [0, 0.1) is 0 Å². The van der Waals surface area contributed by atoms with Gasteiger partial charge in [0.15, 0.2) is 0 Å². The lowest BCUT2D eigenvalue weighted by atomic mass is 10.1. The van der Waals surface area contributed by atoms with E-state index in [0.29, 0.717) is 34.3 Å². The second-order valence-corrected chi connectivity index (χ2v) is 5.04. The van der Waals surface area contributed by atoms with Crippen LogP contribution in [-0.2, 0) is 6.54 Å². The normalized spacial score (nSPS) is 11.4. The third-order valence-corrected chi connectivity index (χ3v) is 3.21. The molecule has 6 heteroatoms. The molecule has 0 atom stereocenters. The van der Waals surface area contributed by atoms with Crippen molar-refractivity contribution in [3.05, 3.63) is 46.5 Å². The minimum absolute atomic E-state index is 0.105. The van der Waals surface area contributed by atoms with Crippen LogP contribution in [0.15, 0.2) is 44.5 Å². The largest absolute Gasteiger partial charge is 0.507 e. The molecule has 0 radical (unpaired) electrons. The molecule has 0 unspecified atom stereocenters. The van der Waals surface area contributed by atoms with Crippen molar-refractivity contribution in [3.8, 4) is 17.0 Å². The first-order valence-electron chi connectivity index (χ1n) is 6.40. The third-order valence-electron chi connectivity index (χ3n) is 3.21. The summed E-state index contributed by atoms with van der Waals surface area (Å²) in [7, 11) is 3.75. The van der Waals surface area contributed by atoms with Crippen LogP contribution in [0.4, 0.5) is 0 Å². The molecule has 0 saturated carbocycles. The van der Waals surface area contributed by atoms with E-state index in [1.807, 2.05) is 19.0 Å². The van der Waals surface area contributed by atoms with Gasteiger partial charge in [-0.2, -0.15) is 0 Å². The fourth-order valence-corrected chi connectivity index (χ4v) is 2.24. The molecule has 1 N–H and O–H groups in total. The second-order valence-electron chi connectivity index (χ2n) is 5.04. The van der Waals surface area contributed by atoms with Crippen LogP contribution in [0.25, 0.3) is 22.2 Å². The molecule has 0 bridgehead atoms. The Hall–Kier alpha value is -2.60. The predicted molar refractivity (Wildman–Crippen MR) is 77.0 cm³/mol. The van der Waals surface area contributed by atoms with Crippen LogP contribution in [0.2, 0.25) is 0 Å². The summed E-state index contributed by atoms with van der Waals surface area (Å²) in [6.45, 7) is 0.468. The molecular formula is C15H14N2O4. The number of phenols is 1. The molecule has 0 spiro atoms. The maximum absolute atomic E-state index is 12.5. The average Bonchev–Trinajstić information content (AvgIpc) is 2.96. The molecule has 3 aromatic rings. The number of hydrogen-bond acceptors (Lipinski definition) is 6. The van der Waals surface area contributed by atoms with Crippen LogP contribution in [0.5, 0.6) is 5.75 Å². The number of fused-ring (bicyclic) bond motifs is 1. The first-order chi connectivity index (χ1) is 10.1. The van der Waals surface area contributed by atoms with Gasteiger partial charge in [0, 0.05) is 12.6 Å². The summed E-state index contributed by atoms with van der Waals surface area (Å²) >= 11 is 0. The zero-order chi connectivity index (χ0) is 15.0. The van der Waals surface area contributed by atoms with Crippen molar-refractivity contribution in [3.63, 3.8) is 0 Å². The number of aromatic hydroxyl groups is 1. The van der Waals surface area contributed by atoms with E-state index < -0.39 is 0 Å². The van der Waals surface area contributed by atoms with E-state index in [1.54, 1.807) is 12.1 Å². The van der Waals surface area contributed by atoms with Crippen molar-refractivity contribution in [2.24, 2.45) is 0 Å². The SMILES string of the molecule is CN(C)Cc1c(O)ccc2c(=O)c(-c3ccon3)coc12. The maximum Gasteiger partial charge on any atom is 0.202 e. The van der Waals surface area contributed by atoms with Gasteiger partial charge in [-0.15, -0.1) is 0 Å². The molecule has 6 nitrogen and oxygen atoms in total. The first-order valence-corrected chi connectivity index (χ1v) is 6.40. The molecule has 1 aromatic carbocycles. The number of phenolic OH excluding ortho intramolecular Hbond substituents is 1. The summed E-state index contributed by atoms with van der Waals surface area (Å²) in [6, 6.07) is 4.66. The van der Waals surface area contributed by atoms with Crippen LogP contribution in [-0.4, -0.2) is 29.3 Å². The minimum atomic E-state index is -0.204. The van der Waals surface area contributed by atoms with Crippen LogP contribution in [0.1, 0.15) is 5.56 Å². The van der Waals surface area contributed by atoms with Crippen molar-refractivity contribution < 1.29 is 14.0 Å². The molecule has 0 aliphatic carbocycles. The lowest BCUT2D eigenvalue weighted by Crippen LogP contribution is -2.12. The Morgan fingerprint density at radius 3 is 2.76 bits per heavy atom. The molecule has 0 saturated heterocycles. The summed E-state index contributed by atoms with van der Waals surface area (Å²) in [6.07, 6.45) is 2.74. The highest BCUT2D eigenvalue weighted by Crippen LogP contribution is 2.28. The van der Waals surface area contributed by atoms with Gasteiger partial charge in [0.1, 0.15) is 29.6 Å². The second kappa shape index (κ2) is 5.06. The smallest absolute Gasteiger partial charge is 0.202 e. The predicted octanol–water partition coefficient (Wildman–Crippen LogP) is 2.22. The third kappa shape index (κ3) is 2.30. The molecule has 0 amide bonds. The van der Waals surface area contributed by atoms with E-state index in [2.05, 4.69) is 5.16 Å². The van der Waals surface area contributed by atoms with Gasteiger partial charge < -0.3 is 18.9 Å². The van der Waals surface area contributed by atoms with Crippen molar-refractivity contribution in [1.82, 2.24) is 10.1 Å². The van der Waals surface area contributed by atoms with E-state index in [9.17, 15) is 9.90 Å². The van der Waals surface area contributed by atoms with Crippen LogP contribution in [0.3, 0.4) is 0 Å². The van der Waals surface area contributed by atoms with Gasteiger partial charge in [-0.25, -0.2) is 0 Å².